The van der Waals surface area contributed by atoms with Crippen LogP contribution in [0.25, 0.3) is 0 Å². The number of halogens is 4. The summed E-state index contributed by atoms with van der Waals surface area (Å²) in [6.07, 6.45) is 1.07. The summed E-state index contributed by atoms with van der Waals surface area (Å²) in [6.45, 7) is 1.90. The maximum absolute atomic E-state index is 13.0. The number of hydrogen-bond acceptors (Lipinski definition) is 2. The van der Waals surface area contributed by atoms with Gasteiger partial charge in [0.25, 0.3) is 0 Å². The molecule has 2 rings (SSSR count). The molecule has 0 aliphatic heterocycles. The van der Waals surface area contributed by atoms with Crippen LogP contribution in [0.2, 0.25) is 20.1 Å². The third-order valence-electron chi connectivity index (χ3n) is 3.29. The topological polar surface area (TPSA) is 34.1 Å². The summed E-state index contributed by atoms with van der Waals surface area (Å²) in [5.41, 5.74) is -0.360. The Bertz CT molecular complexity index is 692. The Labute approximate surface area is 171 Å². The lowest BCUT2D eigenvalue weighted by atomic mass is 10.2. The van der Waals surface area contributed by atoms with E-state index in [1.807, 2.05) is 6.92 Å². The van der Waals surface area contributed by atoms with Gasteiger partial charge < -0.3 is 0 Å². The van der Waals surface area contributed by atoms with Crippen molar-refractivity contribution in [1.29, 1.82) is 0 Å². The van der Waals surface area contributed by atoms with Gasteiger partial charge in [-0.25, -0.2) is 0 Å². The van der Waals surface area contributed by atoms with E-state index in [0.717, 1.165) is 0 Å². The summed E-state index contributed by atoms with van der Waals surface area (Å²) in [5, 5.41) is 0.923. The standard InChI is InChI=1S/C17H13Cl4O2P.H3P/c1-2-9-24(16(22)14-10(18)5-3-6-11(14)19)17(23)15-12(20)7-4-8-13(15)21;/h3-8H,2,9H2,1H3;1H3. The molecule has 0 spiro atoms. The molecule has 2 nitrogen and oxygen atoms in total. The van der Waals surface area contributed by atoms with Gasteiger partial charge in [0.2, 0.25) is 0 Å². The maximum atomic E-state index is 13.0. The lowest BCUT2D eigenvalue weighted by molar-refractivity contribution is 0.105. The molecular weight excluding hydrogens is 440 g/mol. The summed E-state index contributed by atoms with van der Waals surface area (Å²) in [4.78, 5) is 25.9. The van der Waals surface area contributed by atoms with Crippen molar-refractivity contribution in [1.82, 2.24) is 0 Å². The molecular formula is C17H16Cl4O2P2. The molecule has 0 aromatic heterocycles. The fourth-order valence-corrected chi connectivity index (χ4v) is 5.65. The van der Waals surface area contributed by atoms with Gasteiger partial charge in [-0.1, -0.05) is 71.9 Å². The normalized spacial score (nSPS) is 10.5. The fourth-order valence-electron chi connectivity index (χ4n) is 2.19. The van der Waals surface area contributed by atoms with Crippen LogP contribution in [0.1, 0.15) is 34.1 Å². The maximum Gasteiger partial charge on any atom is 0.195 e. The first-order valence-electron chi connectivity index (χ1n) is 7.12. The SMILES string of the molecule is CCCP(C(=O)c1c(Cl)cccc1Cl)C(=O)c1c(Cl)cccc1Cl.P. The van der Waals surface area contributed by atoms with Gasteiger partial charge in [0.05, 0.1) is 31.2 Å². The van der Waals surface area contributed by atoms with Gasteiger partial charge in [0.1, 0.15) is 0 Å². The molecule has 0 N–H and O–H groups in total. The lowest BCUT2D eigenvalue weighted by Crippen LogP contribution is -2.11. The van der Waals surface area contributed by atoms with Gasteiger partial charge in [-0.05, 0) is 30.4 Å². The number of benzene rings is 2. The first kappa shape index (κ1) is 22.8. The summed E-state index contributed by atoms with van der Waals surface area (Å²) in [5.74, 6) is 0. The zero-order valence-corrected chi connectivity index (χ0v) is 18.7. The van der Waals surface area contributed by atoms with E-state index >= 15 is 0 Å². The van der Waals surface area contributed by atoms with Crippen molar-refractivity contribution in [2.75, 3.05) is 6.16 Å². The Morgan fingerprint density at radius 2 is 1.12 bits per heavy atom. The van der Waals surface area contributed by atoms with Crippen LogP contribution in [0.4, 0.5) is 0 Å². The van der Waals surface area contributed by atoms with Crippen molar-refractivity contribution in [3.63, 3.8) is 0 Å². The molecule has 1 unspecified atom stereocenters. The van der Waals surface area contributed by atoms with Gasteiger partial charge in [0.15, 0.2) is 11.0 Å². The highest BCUT2D eigenvalue weighted by Gasteiger charge is 2.32. The molecule has 0 bridgehead atoms. The molecule has 0 amide bonds. The molecule has 25 heavy (non-hydrogen) atoms. The van der Waals surface area contributed by atoms with Gasteiger partial charge in [-0.2, -0.15) is 9.90 Å². The Hall–Kier alpha value is -0.200. The zero-order chi connectivity index (χ0) is 17.9. The van der Waals surface area contributed by atoms with E-state index in [1.54, 1.807) is 36.4 Å². The van der Waals surface area contributed by atoms with Crippen LogP contribution in [0, 0.1) is 0 Å². The Morgan fingerprint density at radius 1 is 0.800 bits per heavy atom. The second-order valence-electron chi connectivity index (χ2n) is 4.96. The Kier molecular flexibility index (Phi) is 9.33. The molecule has 0 aliphatic rings. The van der Waals surface area contributed by atoms with E-state index in [4.69, 9.17) is 46.4 Å². The predicted molar refractivity (Wildman–Crippen MR) is 115 cm³/mol. The number of rotatable bonds is 6. The molecule has 1 atom stereocenters. The third kappa shape index (κ3) is 5.16. The highest BCUT2D eigenvalue weighted by atomic mass is 35.5. The molecule has 0 fully saturated rings. The summed E-state index contributed by atoms with van der Waals surface area (Å²) >= 11 is 24.5. The predicted octanol–water partition coefficient (Wildman–Crippen LogP) is 7.23. The van der Waals surface area contributed by atoms with E-state index < -0.39 is 7.92 Å². The summed E-state index contributed by atoms with van der Waals surface area (Å²) in [7, 11) is -1.72. The van der Waals surface area contributed by atoms with E-state index in [9.17, 15) is 9.59 Å². The largest absolute Gasteiger partial charge is 0.288 e. The molecule has 0 heterocycles. The molecule has 2 aromatic rings. The minimum absolute atomic E-state index is 0. The first-order valence-corrected chi connectivity index (χ1v) is 10.2. The van der Waals surface area contributed by atoms with Crippen molar-refractivity contribution in [2.24, 2.45) is 0 Å². The van der Waals surface area contributed by atoms with Crippen LogP contribution in [0.5, 0.6) is 0 Å². The van der Waals surface area contributed by atoms with Crippen LogP contribution in [-0.2, 0) is 0 Å². The molecule has 8 heteroatoms. The average molecular weight is 456 g/mol. The Morgan fingerprint density at radius 3 is 1.40 bits per heavy atom. The van der Waals surface area contributed by atoms with Gasteiger partial charge in [-0.15, -0.1) is 0 Å². The third-order valence-corrected chi connectivity index (χ3v) is 6.87. The fraction of sp³-hybridized carbons (Fsp3) is 0.176. The number of carbonyl (C=O) groups excluding carboxylic acids is 2. The van der Waals surface area contributed by atoms with Crippen LogP contribution in [0.15, 0.2) is 36.4 Å². The lowest BCUT2D eigenvalue weighted by Gasteiger charge is -2.17. The zero-order valence-electron chi connectivity index (χ0n) is 13.4. The highest BCUT2D eigenvalue weighted by Crippen LogP contribution is 2.48. The van der Waals surface area contributed by atoms with E-state index in [1.165, 1.54) is 0 Å². The van der Waals surface area contributed by atoms with E-state index in [0.29, 0.717) is 12.6 Å². The summed E-state index contributed by atoms with van der Waals surface area (Å²) in [6, 6.07) is 9.60. The average Bonchev–Trinajstić information content (AvgIpc) is 2.51. The quantitative estimate of drug-likeness (QED) is 0.430. The molecule has 0 radical (unpaired) electrons. The molecule has 0 aliphatic carbocycles. The van der Waals surface area contributed by atoms with Crippen LogP contribution in [-0.4, -0.2) is 17.2 Å². The van der Waals surface area contributed by atoms with Crippen LogP contribution < -0.4 is 0 Å². The van der Waals surface area contributed by atoms with E-state index in [2.05, 4.69) is 0 Å². The monoisotopic (exact) mass is 454 g/mol. The van der Waals surface area contributed by atoms with Crippen molar-refractivity contribution >= 4 is 75.3 Å². The highest BCUT2D eigenvalue weighted by molar-refractivity contribution is 7.90. The molecule has 134 valence electrons. The Balaban J connectivity index is 0.00000312. The minimum Gasteiger partial charge on any atom is -0.288 e. The number of hydrogen-bond donors (Lipinski definition) is 0. The van der Waals surface area contributed by atoms with E-state index in [-0.39, 0.29) is 52.2 Å². The van der Waals surface area contributed by atoms with Gasteiger partial charge in [0, 0.05) is 7.92 Å². The minimum atomic E-state index is -1.72. The van der Waals surface area contributed by atoms with Gasteiger partial charge in [-0.3, -0.25) is 9.59 Å². The number of carbonyl (C=O) groups is 2. The van der Waals surface area contributed by atoms with Crippen molar-refractivity contribution < 1.29 is 9.59 Å². The molecule has 2 aromatic carbocycles. The van der Waals surface area contributed by atoms with Crippen LogP contribution in [0.3, 0.4) is 0 Å². The molecule has 0 saturated carbocycles. The van der Waals surface area contributed by atoms with Crippen LogP contribution >= 0.6 is 64.2 Å². The first-order chi connectivity index (χ1) is 11.4. The second-order valence-corrected chi connectivity index (χ2v) is 8.70. The van der Waals surface area contributed by atoms with Gasteiger partial charge >= 0.3 is 0 Å². The second kappa shape index (κ2) is 10.2. The van der Waals surface area contributed by atoms with Crippen molar-refractivity contribution in [2.45, 2.75) is 13.3 Å². The van der Waals surface area contributed by atoms with Crippen molar-refractivity contribution in [3.8, 4) is 0 Å². The summed E-state index contributed by atoms with van der Waals surface area (Å²) < 4.78 is 0. The molecule has 0 saturated heterocycles. The smallest absolute Gasteiger partial charge is 0.195 e. The van der Waals surface area contributed by atoms with Crippen molar-refractivity contribution in [3.05, 3.63) is 67.6 Å².